The van der Waals surface area contributed by atoms with Gasteiger partial charge in [0.1, 0.15) is 0 Å². The molecular weight excluding hydrogens is 278 g/mol. The first-order valence-electron chi connectivity index (χ1n) is 7.82. The molecule has 0 aliphatic heterocycles. The van der Waals surface area contributed by atoms with E-state index in [1.807, 2.05) is 0 Å². The van der Waals surface area contributed by atoms with E-state index < -0.39 is 0 Å². The van der Waals surface area contributed by atoms with Gasteiger partial charge < -0.3 is 16.4 Å². The average molecular weight is 305 g/mol. The van der Waals surface area contributed by atoms with E-state index in [9.17, 15) is 9.59 Å². The van der Waals surface area contributed by atoms with Crippen molar-refractivity contribution in [3.8, 4) is 0 Å². The molecule has 0 aliphatic carbocycles. The summed E-state index contributed by atoms with van der Waals surface area (Å²) < 4.78 is 0. The van der Waals surface area contributed by atoms with Crippen molar-refractivity contribution in [1.82, 2.24) is 10.6 Å². The zero-order valence-electron chi connectivity index (χ0n) is 13.7. The van der Waals surface area contributed by atoms with Gasteiger partial charge in [0.25, 0.3) is 0 Å². The summed E-state index contributed by atoms with van der Waals surface area (Å²) in [7, 11) is 0. The second-order valence-corrected chi connectivity index (χ2v) is 5.76. The summed E-state index contributed by atoms with van der Waals surface area (Å²) in [5, 5.41) is 5.45. The van der Waals surface area contributed by atoms with E-state index in [4.69, 9.17) is 5.73 Å². The van der Waals surface area contributed by atoms with Crippen molar-refractivity contribution in [2.24, 2.45) is 11.7 Å². The van der Waals surface area contributed by atoms with Crippen LogP contribution in [0.4, 0.5) is 0 Å². The molecule has 1 aromatic rings. The number of nitrogens with one attached hydrogen (secondary N) is 2. The van der Waals surface area contributed by atoms with E-state index in [2.05, 4.69) is 55.7 Å². The highest BCUT2D eigenvalue weighted by atomic mass is 16.2. The molecule has 0 aliphatic rings. The monoisotopic (exact) mass is 305 g/mol. The van der Waals surface area contributed by atoms with Crippen LogP contribution in [-0.4, -0.2) is 24.9 Å². The molecule has 0 fully saturated rings. The van der Waals surface area contributed by atoms with Gasteiger partial charge in [-0.1, -0.05) is 51.5 Å². The maximum atomic E-state index is 12.0. The second-order valence-electron chi connectivity index (χ2n) is 5.76. The molecule has 1 aromatic carbocycles. The summed E-state index contributed by atoms with van der Waals surface area (Å²) in [6.07, 6.45) is 2.18. The fourth-order valence-corrected chi connectivity index (χ4v) is 2.29. The maximum absolute atomic E-state index is 12.0. The summed E-state index contributed by atoms with van der Waals surface area (Å²) in [5.41, 5.74) is 7.57. The molecule has 0 aromatic heterocycles. The third kappa shape index (κ3) is 5.85. The summed E-state index contributed by atoms with van der Waals surface area (Å²) in [6, 6.07) is 8.27. The van der Waals surface area contributed by atoms with Crippen LogP contribution in [0.2, 0.25) is 0 Å². The topological polar surface area (TPSA) is 84.2 Å². The summed E-state index contributed by atoms with van der Waals surface area (Å²) in [4.78, 5) is 23.0. The number of carbonyl (C=O) groups excluding carboxylic acids is 2. The zero-order chi connectivity index (χ0) is 16.5. The minimum Gasteiger partial charge on any atom is -0.348 e. The minimum absolute atomic E-state index is 0.0484. The Labute approximate surface area is 132 Å². The third-order valence-electron chi connectivity index (χ3n) is 3.49. The van der Waals surface area contributed by atoms with Crippen LogP contribution in [0, 0.1) is 5.92 Å². The summed E-state index contributed by atoms with van der Waals surface area (Å²) in [6.45, 7) is 6.11. The molecule has 122 valence electrons. The van der Waals surface area contributed by atoms with Crippen LogP contribution in [0.25, 0.3) is 0 Å². The number of aryl methyl sites for hydroxylation is 1. The first-order valence-corrected chi connectivity index (χ1v) is 7.82. The first-order chi connectivity index (χ1) is 10.5. The van der Waals surface area contributed by atoms with E-state index in [-0.39, 0.29) is 36.9 Å². The van der Waals surface area contributed by atoms with Crippen molar-refractivity contribution in [3.05, 3.63) is 35.4 Å². The molecule has 0 saturated carbocycles. The molecule has 5 nitrogen and oxygen atoms in total. The molecule has 1 rings (SSSR count). The molecule has 0 heterocycles. The van der Waals surface area contributed by atoms with Crippen LogP contribution in [0.1, 0.15) is 44.4 Å². The Hall–Kier alpha value is -1.88. The Morgan fingerprint density at radius 1 is 1.14 bits per heavy atom. The number of hydrogen-bond donors (Lipinski definition) is 3. The largest absolute Gasteiger partial charge is 0.348 e. The number of nitrogens with two attached hydrogens (primary N) is 1. The van der Waals surface area contributed by atoms with Crippen LogP contribution >= 0.6 is 0 Å². The van der Waals surface area contributed by atoms with Gasteiger partial charge in [-0.05, 0) is 23.5 Å². The Morgan fingerprint density at radius 2 is 1.77 bits per heavy atom. The van der Waals surface area contributed by atoms with Crippen molar-refractivity contribution in [2.45, 2.75) is 39.7 Å². The predicted octanol–water partition coefficient (Wildman–Crippen LogP) is 1.53. The van der Waals surface area contributed by atoms with Crippen LogP contribution in [0.3, 0.4) is 0 Å². The molecule has 0 bridgehead atoms. The Kier molecular flexibility index (Phi) is 7.60. The first kappa shape index (κ1) is 18.2. The highest BCUT2D eigenvalue weighted by Gasteiger charge is 2.18. The summed E-state index contributed by atoms with van der Waals surface area (Å²) in [5.74, 6) is -0.288. The fraction of sp³-hybridized carbons (Fsp3) is 0.529. The van der Waals surface area contributed by atoms with Crippen LogP contribution < -0.4 is 16.4 Å². The van der Waals surface area contributed by atoms with Gasteiger partial charge in [0, 0.05) is 0 Å². The van der Waals surface area contributed by atoms with Crippen molar-refractivity contribution < 1.29 is 9.59 Å². The molecule has 5 heteroatoms. The van der Waals surface area contributed by atoms with E-state index >= 15 is 0 Å². The lowest BCUT2D eigenvalue weighted by molar-refractivity contribution is -0.126. The Balaban J connectivity index is 2.68. The van der Waals surface area contributed by atoms with Crippen molar-refractivity contribution in [2.75, 3.05) is 13.1 Å². The lowest BCUT2D eigenvalue weighted by Gasteiger charge is -2.23. The van der Waals surface area contributed by atoms with Gasteiger partial charge in [0.05, 0.1) is 19.1 Å². The van der Waals surface area contributed by atoms with Crippen LogP contribution in [0.5, 0.6) is 0 Å². The van der Waals surface area contributed by atoms with Gasteiger partial charge in [-0.25, -0.2) is 0 Å². The van der Waals surface area contributed by atoms with Gasteiger partial charge in [-0.2, -0.15) is 0 Å². The molecule has 4 N–H and O–H groups in total. The molecular formula is C17H27N3O2. The SMILES string of the molecule is CCCc1ccc(C(NC(=O)CNC(=O)CN)C(C)C)cc1. The number of rotatable bonds is 8. The zero-order valence-corrected chi connectivity index (χ0v) is 13.7. The molecule has 22 heavy (non-hydrogen) atoms. The van der Waals surface area contributed by atoms with Crippen LogP contribution in [0.15, 0.2) is 24.3 Å². The van der Waals surface area contributed by atoms with Gasteiger partial charge in [0.2, 0.25) is 11.8 Å². The number of carbonyl (C=O) groups is 2. The normalized spacial score (nSPS) is 12.0. The van der Waals surface area contributed by atoms with Gasteiger partial charge in [-0.15, -0.1) is 0 Å². The highest BCUT2D eigenvalue weighted by Crippen LogP contribution is 2.22. The van der Waals surface area contributed by atoms with E-state index in [0.717, 1.165) is 18.4 Å². The lowest BCUT2D eigenvalue weighted by Crippen LogP contribution is -2.41. The number of amides is 2. The Morgan fingerprint density at radius 3 is 2.27 bits per heavy atom. The smallest absolute Gasteiger partial charge is 0.239 e. The molecule has 2 amide bonds. The van der Waals surface area contributed by atoms with Crippen molar-refractivity contribution in [3.63, 3.8) is 0 Å². The average Bonchev–Trinajstić information content (AvgIpc) is 2.51. The molecule has 0 saturated heterocycles. The van der Waals surface area contributed by atoms with E-state index in [1.165, 1.54) is 5.56 Å². The van der Waals surface area contributed by atoms with Crippen LogP contribution in [-0.2, 0) is 16.0 Å². The van der Waals surface area contributed by atoms with Crippen molar-refractivity contribution >= 4 is 11.8 Å². The van der Waals surface area contributed by atoms with Gasteiger partial charge in [0.15, 0.2) is 0 Å². The highest BCUT2D eigenvalue weighted by molar-refractivity contribution is 5.85. The van der Waals surface area contributed by atoms with E-state index in [1.54, 1.807) is 0 Å². The molecule has 1 unspecified atom stereocenters. The quantitative estimate of drug-likeness (QED) is 0.681. The number of benzene rings is 1. The summed E-state index contributed by atoms with van der Waals surface area (Å²) >= 11 is 0. The lowest BCUT2D eigenvalue weighted by atomic mass is 9.94. The van der Waals surface area contributed by atoms with Gasteiger partial charge >= 0.3 is 0 Å². The number of hydrogen-bond acceptors (Lipinski definition) is 3. The fourth-order valence-electron chi connectivity index (χ4n) is 2.29. The molecule has 1 atom stereocenters. The minimum atomic E-state index is -0.333. The predicted molar refractivity (Wildman–Crippen MR) is 88.2 cm³/mol. The molecule has 0 radical (unpaired) electrons. The second kappa shape index (κ2) is 9.20. The third-order valence-corrected chi connectivity index (χ3v) is 3.49. The van der Waals surface area contributed by atoms with Crippen molar-refractivity contribution in [1.29, 1.82) is 0 Å². The maximum Gasteiger partial charge on any atom is 0.239 e. The van der Waals surface area contributed by atoms with E-state index in [0.29, 0.717) is 0 Å². The standard InChI is InChI=1S/C17H27N3O2/c1-4-5-13-6-8-14(9-7-13)17(12(2)3)20-16(22)11-19-15(21)10-18/h6-9,12,17H,4-5,10-11,18H2,1-3H3,(H,19,21)(H,20,22). The Bertz CT molecular complexity index is 483. The van der Waals surface area contributed by atoms with Gasteiger partial charge in [-0.3, -0.25) is 9.59 Å². The molecule has 0 spiro atoms.